The van der Waals surface area contributed by atoms with Gasteiger partial charge in [0.05, 0.1) is 4.91 Å². The highest BCUT2D eigenvalue weighted by molar-refractivity contribution is 8.26. The second-order valence-corrected chi connectivity index (χ2v) is 5.71. The van der Waals surface area contributed by atoms with Gasteiger partial charge in [-0.1, -0.05) is 30.0 Å². The number of fused-ring (bicyclic) bond motifs is 1. The summed E-state index contributed by atoms with van der Waals surface area (Å²) in [4.78, 5) is 14.3. The van der Waals surface area contributed by atoms with Crippen LogP contribution in [0.2, 0.25) is 0 Å². The average molecular weight is 293 g/mol. The summed E-state index contributed by atoms with van der Waals surface area (Å²) in [6.07, 6.45) is 1.83. The Bertz CT molecular complexity index is 598. The van der Waals surface area contributed by atoms with Crippen molar-refractivity contribution in [3.8, 4) is 11.5 Å². The molecule has 0 atom stereocenters. The zero-order valence-corrected chi connectivity index (χ0v) is 11.8. The Morgan fingerprint density at radius 3 is 2.95 bits per heavy atom. The molecule has 0 radical (unpaired) electrons. The van der Waals surface area contributed by atoms with Crippen molar-refractivity contribution < 1.29 is 14.3 Å². The highest BCUT2D eigenvalue weighted by Crippen LogP contribution is 2.36. The molecule has 98 valence electrons. The van der Waals surface area contributed by atoms with Crippen LogP contribution in [0.5, 0.6) is 11.5 Å². The van der Waals surface area contributed by atoms with Crippen LogP contribution in [-0.2, 0) is 4.79 Å². The van der Waals surface area contributed by atoms with Crippen LogP contribution in [0.15, 0.2) is 23.1 Å². The first-order chi connectivity index (χ1) is 9.19. The Morgan fingerprint density at radius 1 is 1.42 bits per heavy atom. The molecule has 1 aromatic carbocycles. The SMILES string of the molecule is CCN1C(=O)C(=Cc2ccc3c(c2)OCO3)SC1=S. The number of rotatable bonds is 2. The quantitative estimate of drug-likeness (QED) is 0.619. The lowest BCUT2D eigenvalue weighted by Crippen LogP contribution is -2.27. The molecule has 0 aromatic heterocycles. The second-order valence-electron chi connectivity index (χ2n) is 4.04. The lowest BCUT2D eigenvalue weighted by Gasteiger charge is -2.09. The van der Waals surface area contributed by atoms with Crippen LogP contribution in [-0.4, -0.2) is 28.5 Å². The Kier molecular flexibility index (Phi) is 3.20. The van der Waals surface area contributed by atoms with Crippen molar-refractivity contribution in [1.82, 2.24) is 4.90 Å². The summed E-state index contributed by atoms with van der Waals surface area (Å²) in [7, 11) is 0. The van der Waals surface area contributed by atoms with Gasteiger partial charge in [0, 0.05) is 6.54 Å². The number of likely N-dealkylation sites (N-methyl/N-ethyl adjacent to an activating group) is 1. The zero-order chi connectivity index (χ0) is 13.4. The maximum absolute atomic E-state index is 12.1. The summed E-state index contributed by atoms with van der Waals surface area (Å²) in [5, 5.41) is 0. The van der Waals surface area contributed by atoms with Gasteiger partial charge in [0.1, 0.15) is 4.32 Å². The van der Waals surface area contributed by atoms with Crippen molar-refractivity contribution >= 4 is 40.3 Å². The van der Waals surface area contributed by atoms with Crippen LogP contribution in [0.1, 0.15) is 12.5 Å². The molecule has 2 aliphatic rings. The van der Waals surface area contributed by atoms with Crippen molar-refractivity contribution in [1.29, 1.82) is 0 Å². The normalized spacial score (nSPS) is 19.6. The topological polar surface area (TPSA) is 38.8 Å². The first-order valence-electron chi connectivity index (χ1n) is 5.84. The van der Waals surface area contributed by atoms with Crippen molar-refractivity contribution in [2.75, 3.05) is 13.3 Å². The van der Waals surface area contributed by atoms with E-state index >= 15 is 0 Å². The van der Waals surface area contributed by atoms with E-state index in [0.717, 1.165) is 11.3 Å². The smallest absolute Gasteiger partial charge is 0.266 e. The molecule has 6 heteroatoms. The van der Waals surface area contributed by atoms with E-state index in [9.17, 15) is 4.79 Å². The molecule has 1 fully saturated rings. The van der Waals surface area contributed by atoms with Gasteiger partial charge in [-0.3, -0.25) is 9.69 Å². The van der Waals surface area contributed by atoms with E-state index in [1.165, 1.54) is 11.8 Å². The van der Waals surface area contributed by atoms with Crippen molar-refractivity contribution in [2.24, 2.45) is 0 Å². The third-order valence-electron chi connectivity index (χ3n) is 2.88. The number of thioether (sulfide) groups is 1. The minimum absolute atomic E-state index is 0.0323. The molecular weight excluding hydrogens is 282 g/mol. The number of benzene rings is 1. The average Bonchev–Trinajstić information content (AvgIpc) is 2.95. The number of carbonyl (C=O) groups is 1. The van der Waals surface area contributed by atoms with Crippen LogP contribution in [0.25, 0.3) is 6.08 Å². The largest absolute Gasteiger partial charge is 0.454 e. The van der Waals surface area contributed by atoms with E-state index in [1.54, 1.807) is 4.90 Å². The van der Waals surface area contributed by atoms with Gasteiger partial charge in [-0.25, -0.2) is 0 Å². The number of amides is 1. The number of ether oxygens (including phenoxy) is 2. The molecule has 0 saturated carbocycles. The molecule has 2 aliphatic heterocycles. The monoisotopic (exact) mass is 293 g/mol. The van der Waals surface area contributed by atoms with Gasteiger partial charge in [0.2, 0.25) is 6.79 Å². The minimum Gasteiger partial charge on any atom is -0.454 e. The first kappa shape index (κ1) is 12.5. The van der Waals surface area contributed by atoms with Gasteiger partial charge >= 0.3 is 0 Å². The van der Waals surface area contributed by atoms with E-state index in [2.05, 4.69) is 0 Å². The Labute approximate surface area is 120 Å². The second kappa shape index (κ2) is 4.86. The third-order valence-corrected chi connectivity index (χ3v) is 4.26. The van der Waals surface area contributed by atoms with Gasteiger partial charge < -0.3 is 9.47 Å². The maximum atomic E-state index is 12.1. The summed E-state index contributed by atoms with van der Waals surface area (Å²) in [5.74, 6) is 1.41. The van der Waals surface area contributed by atoms with Crippen LogP contribution in [0.3, 0.4) is 0 Å². The van der Waals surface area contributed by atoms with Gasteiger partial charge in [-0.2, -0.15) is 0 Å². The molecule has 0 bridgehead atoms. The molecular formula is C13H11NO3S2. The molecule has 19 heavy (non-hydrogen) atoms. The minimum atomic E-state index is -0.0323. The van der Waals surface area contributed by atoms with Crippen molar-refractivity contribution in [3.63, 3.8) is 0 Å². The fourth-order valence-corrected chi connectivity index (χ4v) is 3.31. The molecule has 2 heterocycles. The molecule has 4 nitrogen and oxygen atoms in total. The van der Waals surface area contributed by atoms with Crippen LogP contribution >= 0.6 is 24.0 Å². The lowest BCUT2D eigenvalue weighted by molar-refractivity contribution is -0.121. The highest BCUT2D eigenvalue weighted by atomic mass is 32.2. The number of nitrogens with zero attached hydrogens (tertiary/aromatic N) is 1. The number of hydrogen-bond donors (Lipinski definition) is 0. The summed E-state index contributed by atoms with van der Waals surface area (Å²) >= 11 is 6.50. The van der Waals surface area contributed by atoms with Gasteiger partial charge in [0.25, 0.3) is 5.91 Å². The van der Waals surface area contributed by atoms with Gasteiger partial charge in [0.15, 0.2) is 11.5 Å². The predicted molar refractivity (Wildman–Crippen MR) is 78.1 cm³/mol. The zero-order valence-electron chi connectivity index (χ0n) is 10.2. The number of hydrogen-bond acceptors (Lipinski definition) is 5. The van der Waals surface area contributed by atoms with Crippen molar-refractivity contribution in [3.05, 3.63) is 28.7 Å². The number of thiocarbonyl (C=S) groups is 1. The molecule has 3 rings (SSSR count). The third kappa shape index (κ3) is 2.21. The standard InChI is InChI=1S/C13H11NO3S2/c1-2-14-12(15)11(19-13(14)18)6-8-3-4-9-10(5-8)17-7-16-9/h3-6H,2,7H2,1H3. The predicted octanol–water partition coefficient (Wildman–Crippen LogP) is 2.64. The van der Waals surface area contributed by atoms with Gasteiger partial charge in [-0.05, 0) is 30.7 Å². The summed E-state index contributed by atoms with van der Waals surface area (Å²) in [6.45, 7) is 2.76. The Balaban J connectivity index is 1.90. The Morgan fingerprint density at radius 2 is 2.21 bits per heavy atom. The summed E-state index contributed by atoms with van der Waals surface area (Å²) < 4.78 is 11.2. The maximum Gasteiger partial charge on any atom is 0.266 e. The van der Waals surface area contributed by atoms with E-state index in [4.69, 9.17) is 21.7 Å². The molecule has 0 unspecified atom stereocenters. The highest BCUT2D eigenvalue weighted by Gasteiger charge is 2.30. The first-order valence-corrected chi connectivity index (χ1v) is 7.06. The molecule has 1 aromatic rings. The molecule has 0 N–H and O–H groups in total. The van der Waals surface area contributed by atoms with E-state index < -0.39 is 0 Å². The van der Waals surface area contributed by atoms with Gasteiger partial charge in [-0.15, -0.1) is 0 Å². The van der Waals surface area contributed by atoms with Crippen molar-refractivity contribution in [2.45, 2.75) is 6.92 Å². The van der Waals surface area contributed by atoms with E-state index in [1.807, 2.05) is 31.2 Å². The molecule has 1 amide bonds. The fraction of sp³-hybridized carbons (Fsp3) is 0.231. The molecule has 0 spiro atoms. The molecule has 0 aliphatic carbocycles. The fourth-order valence-electron chi connectivity index (χ4n) is 1.93. The van der Waals surface area contributed by atoms with E-state index in [-0.39, 0.29) is 12.7 Å². The Hall–Kier alpha value is -1.53. The van der Waals surface area contributed by atoms with E-state index in [0.29, 0.717) is 21.5 Å². The number of carbonyl (C=O) groups excluding carboxylic acids is 1. The summed E-state index contributed by atoms with van der Waals surface area (Å²) in [6, 6.07) is 5.60. The molecule has 1 saturated heterocycles. The lowest BCUT2D eigenvalue weighted by atomic mass is 10.2. The van der Waals surface area contributed by atoms with Crippen LogP contribution < -0.4 is 9.47 Å². The van der Waals surface area contributed by atoms with Crippen LogP contribution in [0, 0.1) is 0 Å². The summed E-state index contributed by atoms with van der Waals surface area (Å²) in [5.41, 5.74) is 0.904. The van der Waals surface area contributed by atoms with Crippen LogP contribution in [0.4, 0.5) is 0 Å².